The second-order valence-corrected chi connectivity index (χ2v) is 26.4. The molecule has 7 unspecified atom stereocenters. The lowest BCUT2D eigenvalue weighted by Crippen LogP contribution is -2.60. The summed E-state index contributed by atoms with van der Waals surface area (Å²) in [6, 6.07) is -0.809. The number of hydrogen-bond donors (Lipinski definition) is 6. The van der Waals surface area contributed by atoms with Gasteiger partial charge in [0.15, 0.2) is 6.29 Å². The lowest BCUT2D eigenvalue weighted by molar-refractivity contribution is -0.302. The quantitative estimate of drug-likeness (QED) is 0.0261. The number of rotatable bonds is 67. The summed E-state index contributed by atoms with van der Waals surface area (Å²) < 4.78 is 11.3. The molecular formula is C81H145NO8. The zero-order valence-corrected chi connectivity index (χ0v) is 58.6. The van der Waals surface area contributed by atoms with Crippen LogP contribution in [0.3, 0.4) is 0 Å². The zero-order valence-electron chi connectivity index (χ0n) is 58.6. The third-order valence-electron chi connectivity index (χ3n) is 17.9. The molecule has 7 atom stereocenters. The van der Waals surface area contributed by atoms with Crippen molar-refractivity contribution in [3.8, 4) is 0 Å². The van der Waals surface area contributed by atoms with E-state index in [0.29, 0.717) is 6.42 Å². The predicted octanol–water partition coefficient (Wildman–Crippen LogP) is 21.8. The number of amides is 1. The number of carbonyl (C=O) groups is 1. The summed E-state index contributed by atoms with van der Waals surface area (Å²) in [6.07, 6.45) is 93.9. The molecule has 522 valence electrons. The van der Waals surface area contributed by atoms with Crippen molar-refractivity contribution in [2.75, 3.05) is 13.2 Å². The topological polar surface area (TPSA) is 149 Å². The highest BCUT2D eigenvalue weighted by Crippen LogP contribution is 2.24. The molecule has 9 nitrogen and oxygen atoms in total. The van der Waals surface area contributed by atoms with Crippen molar-refractivity contribution < 1.29 is 39.8 Å². The average Bonchev–Trinajstić information content (AvgIpc) is 1.28. The SMILES string of the molecule is CC/C=C\C/C=C\C/C=C\C/C=C\C/C=C\C/C=C\C/C=C\CCCCCCCCCCCCCCCCCCCCCC(=O)NC(COC1OC(CO)C(O)C(O)C1O)C(O)/C=C/CCCCCCCCCCCCCCCCCCCCCCCCCC. The minimum atomic E-state index is -1.57. The van der Waals surface area contributed by atoms with Gasteiger partial charge in [0.2, 0.25) is 5.91 Å². The van der Waals surface area contributed by atoms with Crippen LogP contribution >= 0.6 is 0 Å². The molecule has 1 saturated heterocycles. The highest BCUT2D eigenvalue weighted by molar-refractivity contribution is 5.76. The van der Waals surface area contributed by atoms with E-state index in [-0.39, 0.29) is 12.5 Å². The van der Waals surface area contributed by atoms with Crippen LogP contribution in [0.4, 0.5) is 0 Å². The van der Waals surface area contributed by atoms with Crippen LogP contribution in [0.5, 0.6) is 0 Å². The number of carbonyl (C=O) groups excluding carboxylic acids is 1. The molecule has 0 aliphatic carbocycles. The second-order valence-electron chi connectivity index (χ2n) is 26.4. The summed E-state index contributed by atoms with van der Waals surface area (Å²) >= 11 is 0. The number of unbranched alkanes of at least 4 members (excludes halogenated alkanes) is 43. The average molecular weight is 1260 g/mol. The fraction of sp³-hybridized carbons (Fsp3) is 0.790. The minimum absolute atomic E-state index is 0.173. The Bertz CT molecular complexity index is 1750. The maximum atomic E-state index is 13.2. The summed E-state index contributed by atoms with van der Waals surface area (Å²) in [5.41, 5.74) is 0. The Hall–Kier alpha value is -2.89. The van der Waals surface area contributed by atoms with Crippen LogP contribution in [-0.2, 0) is 14.3 Å². The van der Waals surface area contributed by atoms with Crippen LogP contribution < -0.4 is 5.32 Å². The molecule has 0 aromatic carbocycles. The first-order valence-corrected chi connectivity index (χ1v) is 38.5. The van der Waals surface area contributed by atoms with Gasteiger partial charge in [-0.25, -0.2) is 0 Å². The summed E-state index contributed by atoms with van der Waals surface area (Å²) in [4.78, 5) is 13.2. The number of hydrogen-bond acceptors (Lipinski definition) is 8. The maximum absolute atomic E-state index is 13.2. The van der Waals surface area contributed by atoms with Crippen molar-refractivity contribution in [2.45, 2.75) is 397 Å². The number of ether oxygens (including phenoxy) is 2. The molecule has 1 rings (SSSR count). The Morgan fingerprint density at radius 1 is 0.389 bits per heavy atom. The lowest BCUT2D eigenvalue weighted by Gasteiger charge is -2.40. The number of nitrogens with one attached hydrogen (secondary N) is 1. The van der Waals surface area contributed by atoms with E-state index in [0.717, 1.165) is 83.5 Å². The summed E-state index contributed by atoms with van der Waals surface area (Å²) in [5, 5.41) is 54.9. The van der Waals surface area contributed by atoms with E-state index in [1.807, 2.05) is 6.08 Å². The molecule has 6 N–H and O–H groups in total. The van der Waals surface area contributed by atoms with Crippen LogP contribution in [0.2, 0.25) is 0 Å². The van der Waals surface area contributed by atoms with Crippen molar-refractivity contribution in [3.63, 3.8) is 0 Å². The van der Waals surface area contributed by atoms with E-state index in [1.165, 1.54) is 250 Å². The first kappa shape index (κ1) is 85.1. The van der Waals surface area contributed by atoms with Crippen molar-refractivity contribution in [1.29, 1.82) is 0 Å². The smallest absolute Gasteiger partial charge is 0.220 e. The van der Waals surface area contributed by atoms with E-state index in [1.54, 1.807) is 6.08 Å². The number of allylic oxidation sites excluding steroid dienone is 15. The predicted molar refractivity (Wildman–Crippen MR) is 387 cm³/mol. The Morgan fingerprint density at radius 2 is 0.689 bits per heavy atom. The van der Waals surface area contributed by atoms with Gasteiger partial charge in [-0.1, -0.05) is 368 Å². The third-order valence-corrected chi connectivity index (χ3v) is 17.9. The zero-order chi connectivity index (χ0) is 64.9. The van der Waals surface area contributed by atoms with Gasteiger partial charge in [-0.15, -0.1) is 0 Å². The first-order chi connectivity index (χ1) is 44.3. The highest BCUT2D eigenvalue weighted by atomic mass is 16.7. The van der Waals surface area contributed by atoms with Gasteiger partial charge in [-0.05, 0) is 77.0 Å². The standard InChI is InChI=1S/C81H145NO8/c1-3-5-7-9-11-13-15-17-19-21-23-25-27-29-31-32-33-34-35-36-37-38-39-40-41-42-43-44-45-47-49-51-53-55-57-59-61-63-65-67-69-71-77(85)82-74(73-89-81-80(88)79(87)78(86)76(72-83)90-81)75(84)70-68-66-64-62-60-58-56-54-52-50-48-46-30-28-26-24-22-20-18-16-14-12-10-8-6-4-2/h5,7,11,13,17,19,23,25,29,31,33-34,36-37,68,70,74-76,78-81,83-84,86-88H,3-4,6,8-10,12,14-16,18,20-22,24,26-28,30,32,35,38-67,69,71-73H2,1-2H3,(H,82,85)/b7-5-,13-11-,19-17-,25-23-,31-29-,34-33-,37-36-,70-68+. The fourth-order valence-corrected chi connectivity index (χ4v) is 12.0. The Kier molecular flexibility index (Phi) is 65.2. The van der Waals surface area contributed by atoms with Crippen molar-refractivity contribution in [2.24, 2.45) is 0 Å². The van der Waals surface area contributed by atoms with Gasteiger partial charge in [0.25, 0.3) is 0 Å². The molecule has 0 aromatic heterocycles. The van der Waals surface area contributed by atoms with Crippen LogP contribution in [0.25, 0.3) is 0 Å². The molecular weight excluding hydrogens is 1110 g/mol. The van der Waals surface area contributed by atoms with Gasteiger partial charge >= 0.3 is 0 Å². The Balaban J connectivity index is 2.08. The summed E-state index contributed by atoms with van der Waals surface area (Å²) in [7, 11) is 0. The molecule has 1 aliphatic rings. The van der Waals surface area contributed by atoms with E-state index < -0.39 is 49.5 Å². The molecule has 0 radical (unpaired) electrons. The molecule has 1 heterocycles. The van der Waals surface area contributed by atoms with Gasteiger partial charge in [0.05, 0.1) is 25.4 Å². The van der Waals surface area contributed by atoms with E-state index in [2.05, 4.69) is 104 Å². The molecule has 9 heteroatoms. The molecule has 1 aliphatic heterocycles. The van der Waals surface area contributed by atoms with Crippen LogP contribution in [-0.4, -0.2) is 87.5 Å². The minimum Gasteiger partial charge on any atom is -0.394 e. The number of aliphatic hydroxyl groups is 5. The van der Waals surface area contributed by atoms with Crippen molar-refractivity contribution in [3.05, 3.63) is 97.2 Å². The molecule has 0 aromatic rings. The van der Waals surface area contributed by atoms with Gasteiger partial charge < -0.3 is 40.3 Å². The van der Waals surface area contributed by atoms with Crippen molar-refractivity contribution >= 4 is 5.91 Å². The fourth-order valence-electron chi connectivity index (χ4n) is 12.0. The van der Waals surface area contributed by atoms with Gasteiger partial charge in [0, 0.05) is 6.42 Å². The molecule has 0 bridgehead atoms. The van der Waals surface area contributed by atoms with Crippen molar-refractivity contribution in [1.82, 2.24) is 5.32 Å². The van der Waals surface area contributed by atoms with Crippen LogP contribution in [0, 0.1) is 0 Å². The normalized spacial score (nSPS) is 18.3. The molecule has 90 heavy (non-hydrogen) atoms. The summed E-state index contributed by atoms with van der Waals surface area (Å²) in [6.45, 7) is 3.71. The second kappa shape index (κ2) is 69.0. The Labute approximate surface area is 555 Å². The van der Waals surface area contributed by atoms with Gasteiger partial charge in [-0.3, -0.25) is 4.79 Å². The van der Waals surface area contributed by atoms with Gasteiger partial charge in [0.1, 0.15) is 24.4 Å². The summed E-state index contributed by atoms with van der Waals surface area (Å²) in [5.74, 6) is -0.173. The third kappa shape index (κ3) is 56.6. The van der Waals surface area contributed by atoms with E-state index >= 15 is 0 Å². The largest absolute Gasteiger partial charge is 0.394 e. The molecule has 1 fully saturated rings. The molecule has 0 spiro atoms. The molecule has 1 amide bonds. The lowest BCUT2D eigenvalue weighted by atomic mass is 9.99. The van der Waals surface area contributed by atoms with Gasteiger partial charge in [-0.2, -0.15) is 0 Å². The van der Waals surface area contributed by atoms with Crippen LogP contribution in [0.1, 0.15) is 354 Å². The first-order valence-electron chi connectivity index (χ1n) is 38.5. The van der Waals surface area contributed by atoms with Crippen LogP contribution in [0.15, 0.2) is 97.2 Å². The Morgan fingerprint density at radius 3 is 1.02 bits per heavy atom. The number of aliphatic hydroxyl groups excluding tert-OH is 5. The van der Waals surface area contributed by atoms with E-state index in [9.17, 15) is 30.3 Å². The van der Waals surface area contributed by atoms with E-state index in [4.69, 9.17) is 9.47 Å². The monoisotopic (exact) mass is 1260 g/mol. The molecule has 0 saturated carbocycles. The highest BCUT2D eigenvalue weighted by Gasteiger charge is 2.44. The maximum Gasteiger partial charge on any atom is 0.220 e.